The molecular formula is C37H36Cl2FN3O7. The molecule has 13 heteroatoms. The Morgan fingerprint density at radius 2 is 1.70 bits per heavy atom. The van der Waals surface area contributed by atoms with Crippen LogP contribution in [0, 0.1) is 11.7 Å². The summed E-state index contributed by atoms with van der Waals surface area (Å²) < 4.78 is 33.1. The van der Waals surface area contributed by atoms with Gasteiger partial charge in [0.1, 0.15) is 22.0 Å². The predicted octanol–water partition coefficient (Wildman–Crippen LogP) is 5.20. The second kappa shape index (κ2) is 15.1. The highest BCUT2D eigenvalue weighted by Crippen LogP contribution is 2.40. The second-order valence-corrected chi connectivity index (χ2v) is 13.3. The van der Waals surface area contributed by atoms with E-state index in [1.54, 1.807) is 30.3 Å². The van der Waals surface area contributed by atoms with Crippen molar-refractivity contribution >= 4 is 40.8 Å². The van der Waals surface area contributed by atoms with Crippen molar-refractivity contribution in [3.05, 3.63) is 117 Å². The van der Waals surface area contributed by atoms with Crippen LogP contribution in [0.15, 0.2) is 73.1 Å². The van der Waals surface area contributed by atoms with E-state index in [4.69, 9.17) is 37.4 Å². The smallest absolute Gasteiger partial charge is 0.333 e. The summed E-state index contributed by atoms with van der Waals surface area (Å²) in [6.07, 6.45) is 4.15. The van der Waals surface area contributed by atoms with Gasteiger partial charge in [0.2, 0.25) is 12.4 Å². The summed E-state index contributed by atoms with van der Waals surface area (Å²) in [5.41, 5.74) is 1.61. The van der Waals surface area contributed by atoms with Crippen LogP contribution in [-0.4, -0.2) is 62.0 Å². The number of hydrogen-bond donors (Lipinski definition) is 2. The SMILES string of the molecule is COc1ccc(C(Cc2c(Cl)c[n+](O)cc2Cl)c2cc(NC(C(=O)O[C@H]3CN4CCC3CC4)c3ccccc3F)ccc2C(=O)[O-])cc1OC. The number of carboxylic acid groups (broad SMARTS) is 1. The number of rotatable bonds is 12. The standard InChI is InChI=1S/C37H36Cl2FN3O7/c1-48-32-10-7-22(15-33(32)49-2)26(17-28-29(38)18-43(47)19-30(28)39)27-16-23(8-9-24(27)36(44)45)41-35(25-5-3-4-6-31(25)40)37(46)50-34-20-42-13-11-21(34)12-14-42/h3-10,15-16,18-19,21,26,34-35,41H,11-14,17,20H2,1-2H3,(H-,44,45,47)/t26?,34-,35?/m0/s1. The average Bonchev–Trinajstić information content (AvgIpc) is 3.10. The number of nitrogens with one attached hydrogen (secondary N) is 1. The van der Waals surface area contributed by atoms with Crippen LogP contribution in [0.4, 0.5) is 10.1 Å². The lowest BCUT2D eigenvalue weighted by Gasteiger charge is -2.44. The Balaban J connectivity index is 1.43. The molecule has 4 heterocycles. The van der Waals surface area contributed by atoms with Crippen LogP contribution in [0.2, 0.25) is 10.0 Å². The van der Waals surface area contributed by atoms with Crippen LogP contribution in [0.25, 0.3) is 0 Å². The van der Waals surface area contributed by atoms with E-state index in [2.05, 4.69) is 10.2 Å². The Morgan fingerprint density at radius 3 is 2.32 bits per heavy atom. The lowest BCUT2D eigenvalue weighted by atomic mass is 9.83. The zero-order valence-corrected chi connectivity index (χ0v) is 28.9. The van der Waals surface area contributed by atoms with E-state index in [0.29, 0.717) is 34.9 Å². The third-order valence-electron chi connectivity index (χ3n) is 9.56. The zero-order valence-electron chi connectivity index (χ0n) is 27.4. The Morgan fingerprint density at radius 1 is 1.00 bits per heavy atom. The van der Waals surface area contributed by atoms with E-state index in [0.717, 1.165) is 30.7 Å². The summed E-state index contributed by atoms with van der Waals surface area (Å²) >= 11 is 13.1. The molecule has 3 fully saturated rings. The maximum atomic E-state index is 15.3. The molecule has 3 saturated heterocycles. The molecule has 2 N–H and O–H groups in total. The summed E-state index contributed by atoms with van der Waals surface area (Å²) in [7, 11) is 2.98. The van der Waals surface area contributed by atoms with E-state index in [1.807, 2.05) is 0 Å². The predicted molar refractivity (Wildman–Crippen MR) is 182 cm³/mol. The fraction of sp³-hybridized carbons (Fsp3) is 0.324. The molecular weight excluding hydrogens is 688 g/mol. The molecule has 262 valence electrons. The number of anilines is 1. The van der Waals surface area contributed by atoms with Crippen LogP contribution in [0.1, 0.15) is 57.4 Å². The van der Waals surface area contributed by atoms with Crippen molar-refractivity contribution < 1.29 is 43.2 Å². The fourth-order valence-corrected chi connectivity index (χ4v) is 7.55. The summed E-state index contributed by atoms with van der Waals surface area (Å²) in [5.74, 6) is -2.33. The maximum Gasteiger partial charge on any atom is 0.333 e. The number of esters is 1. The topological polar surface area (TPSA) is 124 Å². The third kappa shape index (κ3) is 7.45. The van der Waals surface area contributed by atoms with Crippen molar-refractivity contribution in [1.29, 1.82) is 0 Å². The van der Waals surface area contributed by atoms with Crippen molar-refractivity contribution in [2.24, 2.45) is 5.92 Å². The van der Waals surface area contributed by atoms with Gasteiger partial charge in [-0.1, -0.05) is 53.5 Å². The highest BCUT2D eigenvalue weighted by molar-refractivity contribution is 6.35. The number of fused-ring (bicyclic) bond motifs is 3. The minimum atomic E-state index is -1.44. The molecule has 0 saturated carbocycles. The van der Waals surface area contributed by atoms with Gasteiger partial charge < -0.3 is 29.4 Å². The van der Waals surface area contributed by atoms with E-state index in [-0.39, 0.29) is 45.2 Å². The minimum Gasteiger partial charge on any atom is -0.545 e. The van der Waals surface area contributed by atoms with Gasteiger partial charge in [-0.3, -0.25) is 10.1 Å². The number of carbonyl (C=O) groups is 2. The molecule has 2 unspecified atom stereocenters. The highest BCUT2D eigenvalue weighted by Gasteiger charge is 2.38. The number of pyridine rings is 1. The van der Waals surface area contributed by atoms with Gasteiger partial charge in [0.25, 0.3) is 0 Å². The van der Waals surface area contributed by atoms with Crippen molar-refractivity contribution in [1.82, 2.24) is 4.90 Å². The quantitative estimate of drug-likeness (QED) is 0.115. The number of hydrogen-bond acceptors (Lipinski definition) is 9. The Hall–Kier alpha value is -4.58. The van der Waals surface area contributed by atoms with Gasteiger partial charge in [-0.25, -0.2) is 9.18 Å². The van der Waals surface area contributed by atoms with Crippen LogP contribution in [0.5, 0.6) is 11.5 Å². The number of aromatic nitrogens is 1. The first-order valence-electron chi connectivity index (χ1n) is 16.2. The molecule has 3 aliphatic heterocycles. The van der Waals surface area contributed by atoms with Gasteiger partial charge in [-0.05, 0) is 79.7 Å². The lowest BCUT2D eigenvalue weighted by Crippen LogP contribution is -2.52. The number of benzene rings is 3. The molecule has 0 radical (unpaired) electrons. The molecule has 50 heavy (non-hydrogen) atoms. The summed E-state index contributed by atoms with van der Waals surface area (Å²) in [5, 5.41) is 26.0. The Kier molecular flexibility index (Phi) is 10.7. The fourth-order valence-electron chi connectivity index (χ4n) is 6.94. The van der Waals surface area contributed by atoms with E-state index >= 15 is 4.39 Å². The zero-order chi connectivity index (χ0) is 35.5. The average molecular weight is 725 g/mol. The highest BCUT2D eigenvalue weighted by atomic mass is 35.5. The largest absolute Gasteiger partial charge is 0.545 e. The summed E-state index contributed by atoms with van der Waals surface area (Å²) in [6.45, 7) is 2.54. The number of ether oxygens (including phenoxy) is 3. The minimum absolute atomic E-state index is 0.0794. The third-order valence-corrected chi connectivity index (χ3v) is 10.2. The normalized spacial score (nSPS) is 19.3. The van der Waals surface area contributed by atoms with Gasteiger partial charge in [0.15, 0.2) is 17.5 Å². The first-order chi connectivity index (χ1) is 24.1. The second-order valence-electron chi connectivity index (χ2n) is 12.5. The van der Waals surface area contributed by atoms with Crippen molar-refractivity contribution in [3.8, 4) is 11.5 Å². The first kappa shape index (κ1) is 35.3. The van der Waals surface area contributed by atoms with E-state index < -0.39 is 29.7 Å². The first-order valence-corrected chi connectivity index (χ1v) is 16.9. The Labute approximate surface area is 298 Å². The molecule has 3 atom stereocenters. The van der Waals surface area contributed by atoms with Crippen molar-refractivity contribution in [2.45, 2.75) is 37.3 Å². The monoisotopic (exact) mass is 723 g/mol. The molecule has 1 aromatic heterocycles. The number of aromatic carboxylic acids is 1. The van der Waals surface area contributed by atoms with Gasteiger partial charge >= 0.3 is 5.97 Å². The van der Waals surface area contributed by atoms with Crippen LogP contribution in [-0.2, 0) is 16.0 Å². The summed E-state index contributed by atoms with van der Waals surface area (Å²) in [4.78, 5) is 28.8. The molecule has 0 amide bonds. The van der Waals surface area contributed by atoms with E-state index in [1.165, 1.54) is 56.9 Å². The van der Waals surface area contributed by atoms with Gasteiger partial charge in [0.05, 0.1) is 20.2 Å². The van der Waals surface area contributed by atoms with E-state index in [9.17, 15) is 19.9 Å². The molecule has 3 aromatic carbocycles. The summed E-state index contributed by atoms with van der Waals surface area (Å²) in [6, 6.07) is 14.3. The number of carboxylic acids is 1. The maximum absolute atomic E-state index is 15.3. The number of halogens is 3. The van der Waals surface area contributed by atoms with Gasteiger partial charge in [-0.2, -0.15) is 0 Å². The molecule has 7 rings (SSSR count). The lowest BCUT2D eigenvalue weighted by molar-refractivity contribution is -0.904. The van der Waals surface area contributed by atoms with Crippen LogP contribution >= 0.6 is 23.2 Å². The van der Waals surface area contributed by atoms with Crippen LogP contribution < -0.4 is 24.6 Å². The van der Waals surface area contributed by atoms with Gasteiger partial charge in [-0.15, -0.1) is 0 Å². The molecule has 10 nitrogen and oxygen atoms in total. The molecule has 2 bridgehead atoms. The molecule has 0 spiro atoms. The van der Waals surface area contributed by atoms with Crippen molar-refractivity contribution in [2.75, 3.05) is 39.2 Å². The molecule has 4 aromatic rings. The number of nitrogens with zero attached hydrogens (tertiary/aromatic N) is 2. The molecule has 0 aliphatic carbocycles. The number of carbonyl (C=O) groups excluding carboxylic acids is 2. The van der Waals surface area contributed by atoms with Crippen LogP contribution in [0.3, 0.4) is 0 Å². The number of methoxy groups -OCH3 is 2. The molecule has 3 aliphatic rings. The number of piperidine rings is 3. The van der Waals surface area contributed by atoms with Gasteiger partial charge in [0, 0.05) is 39.6 Å². The van der Waals surface area contributed by atoms with Crippen molar-refractivity contribution in [3.63, 3.8) is 0 Å². The Bertz CT molecular complexity index is 1880.